The predicted octanol–water partition coefficient (Wildman–Crippen LogP) is 3.55. The van der Waals surface area contributed by atoms with E-state index in [1.165, 1.54) is 17.4 Å². The monoisotopic (exact) mass is 337 g/mol. The number of hydrogen-bond acceptors (Lipinski definition) is 6. The van der Waals surface area contributed by atoms with Gasteiger partial charge in [-0.05, 0) is 24.3 Å². The van der Waals surface area contributed by atoms with Gasteiger partial charge in [0.15, 0.2) is 5.82 Å². The molecule has 5 nitrogen and oxygen atoms in total. The summed E-state index contributed by atoms with van der Waals surface area (Å²) in [6, 6.07) is 1.45. The molecule has 1 saturated carbocycles. The molecule has 9 heteroatoms. The van der Waals surface area contributed by atoms with Crippen molar-refractivity contribution in [3.8, 4) is 16.5 Å². The van der Waals surface area contributed by atoms with Crippen molar-refractivity contribution >= 4 is 23.7 Å². The Labute approximate surface area is 129 Å². The maximum atomic E-state index is 12.3. The summed E-state index contributed by atoms with van der Waals surface area (Å²) in [7, 11) is 0. The minimum Gasteiger partial charge on any atom is -0.433 e. The van der Waals surface area contributed by atoms with Crippen molar-refractivity contribution in [2.24, 2.45) is 5.73 Å². The van der Waals surface area contributed by atoms with Crippen LogP contribution >= 0.6 is 23.7 Å². The molecule has 0 amide bonds. The Morgan fingerprint density at radius 1 is 1.38 bits per heavy atom. The zero-order valence-corrected chi connectivity index (χ0v) is 12.6. The molecule has 2 N–H and O–H groups in total. The number of rotatable bonds is 4. The topological polar surface area (TPSA) is 74.2 Å². The van der Waals surface area contributed by atoms with Gasteiger partial charge in [0.2, 0.25) is 0 Å². The van der Waals surface area contributed by atoms with Crippen molar-refractivity contribution in [3.63, 3.8) is 0 Å². The Kier molecular flexibility index (Phi) is 4.80. The summed E-state index contributed by atoms with van der Waals surface area (Å²) in [6.07, 6.45) is 3.66. The van der Waals surface area contributed by atoms with Gasteiger partial charge in [-0.3, -0.25) is 0 Å². The second kappa shape index (κ2) is 6.25. The third-order valence-electron chi connectivity index (χ3n) is 3.41. The van der Waals surface area contributed by atoms with E-state index in [0.29, 0.717) is 10.7 Å². The second-order valence-corrected chi connectivity index (χ2v) is 5.69. The molecule has 0 aliphatic heterocycles. The average Bonchev–Trinajstić information content (AvgIpc) is 3.07. The van der Waals surface area contributed by atoms with Crippen LogP contribution in [0.4, 0.5) is 8.78 Å². The third-order valence-corrected chi connectivity index (χ3v) is 4.29. The van der Waals surface area contributed by atoms with Gasteiger partial charge in [0.05, 0.1) is 5.54 Å². The summed E-state index contributed by atoms with van der Waals surface area (Å²) in [6.45, 7) is -2.89. The molecule has 0 saturated heterocycles. The maximum Gasteiger partial charge on any atom is 0.387 e. The van der Waals surface area contributed by atoms with Crippen LogP contribution < -0.4 is 10.5 Å². The molecule has 1 aliphatic rings. The van der Waals surface area contributed by atoms with Gasteiger partial charge < -0.3 is 15.0 Å². The first-order chi connectivity index (χ1) is 9.58. The molecule has 0 spiro atoms. The van der Waals surface area contributed by atoms with Crippen LogP contribution in [0.25, 0.3) is 10.8 Å². The van der Waals surface area contributed by atoms with Crippen molar-refractivity contribution in [2.45, 2.75) is 37.8 Å². The standard InChI is InChI=1S/C12H13F2N3O2S.ClH/c13-11(14)18-7-3-6-20-8(7)9-16-10(17-19-9)12(15)4-1-2-5-12;/h3,6,11H,1-2,4-5,15H2;1H. The van der Waals surface area contributed by atoms with Gasteiger partial charge in [0, 0.05) is 0 Å². The Hall–Kier alpha value is -1.25. The van der Waals surface area contributed by atoms with Gasteiger partial charge in [-0.1, -0.05) is 18.0 Å². The van der Waals surface area contributed by atoms with E-state index in [0.717, 1.165) is 25.7 Å². The molecule has 1 fully saturated rings. The maximum absolute atomic E-state index is 12.3. The van der Waals surface area contributed by atoms with Gasteiger partial charge in [-0.25, -0.2) is 0 Å². The zero-order valence-electron chi connectivity index (χ0n) is 10.9. The molecule has 0 aromatic carbocycles. The first-order valence-electron chi connectivity index (χ1n) is 6.24. The summed E-state index contributed by atoms with van der Waals surface area (Å²) in [5.41, 5.74) is 5.67. The van der Waals surface area contributed by atoms with Crippen molar-refractivity contribution in [1.29, 1.82) is 0 Å². The van der Waals surface area contributed by atoms with Crippen molar-refractivity contribution in [3.05, 3.63) is 17.3 Å². The fourth-order valence-corrected chi connectivity index (χ4v) is 3.13. The van der Waals surface area contributed by atoms with E-state index in [-0.39, 0.29) is 24.0 Å². The third kappa shape index (κ3) is 3.17. The number of halogens is 3. The molecule has 0 atom stereocenters. The fourth-order valence-electron chi connectivity index (χ4n) is 2.39. The highest BCUT2D eigenvalue weighted by Crippen LogP contribution is 2.39. The second-order valence-electron chi connectivity index (χ2n) is 4.78. The van der Waals surface area contributed by atoms with Crippen LogP contribution in [0.5, 0.6) is 5.75 Å². The highest BCUT2D eigenvalue weighted by atomic mass is 35.5. The Balaban J connectivity index is 0.00000161. The van der Waals surface area contributed by atoms with Crippen LogP contribution in [0.1, 0.15) is 31.5 Å². The molecule has 3 rings (SSSR count). The lowest BCUT2D eigenvalue weighted by molar-refractivity contribution is -0.0492. The fraction of sp³-hybridized carbons (Fsp3) is 0.500. The van der Waals surface area contributed by atoms with Crippen molar-refractivity contribution < 1.29 is 18.0 Å². The number of aromatic nitrogens is 2. The molecular formula is C12H14ClF2N3O2S. The summed E-state index contributed by atoms with van der Waals surface area (Å²) in [4.78, 5) is 4.65. The first kappa shape index (κ1) is 16.1. The van der Waals surface area contributed by atoms with Gasteiger partial charge >= 0.3 is 6.61 Å². The van der Waals surface area contributed by atoms with Crippen LogP contribution in [-0.2, 0) is 5.54 Å². The molecule has 2 heterocycles. The minimum atomic E-state index is -2.89. The number of ether oxygens (including phenoxy) is 1. The van der Waals surface area contributed by atoms with Gasteiger partial charge in [0.25, 0.3) is 5.89 Å². The highest BCUT2D eigenvalue weighted by Gasteiger charge is 2.36. The van der Waals surface area contributed by atoms with E-state index in [1.807, 2.05) is 0 Å². The van der Waals surface area contributed by atoms with E-state index in [4.69, 9.17) is 10.3 Å². The van der Waals surface area contributed by atoms with Crippen LogP contribution in [0, 0.1) is 0 Å². The molecule has 0 unspecified atom stereocenters. The smallest absolute Gasteiger partial charge is 0.387 e. The molecule has 116 valence electrons. The van der Waals surface area contributed by atoms with Gasteiger partial charge in [-0.15, -0.1) is 23.7 Å². The van der Waals surface area contributed by atoms with Crippen LogP contribution in [-0.4, -0.2) is 16.8 Å². The Bertz CT molecular complexity index is 599. The number of thiophene rings is 1. The molecular weight excluding hydrogens is 324 g/mol. The largest absolute Gasteiger partial charge is 0.433 e. The lowest BCUT2D eigenvalue weighted by Crippen LogP contribution is -2.34. The van der Waals surface area contributed by atoms with Crippen LogP contribution in [0.3, 0.4) is 0 Å². The summed E-state index contributed by atoms with van der Waals surface area (Å²) >= 11 is 1.20. The van der Waals surface area contributed by atoms with Gasteiger partial charge in [0.1, 0.15) is 10.6 Å². The number of hydrogen-bond donors (Lipinski definition) is 1. The molecule has 0 radical (unpaired) electrons. The first-order valence-corrected chi connectivity index (χ1v) is 7.12. The summed E-state index contributed by atoms with van der Waals surface area (Å²) < 4.78 is 34.2. The quantitative estimate of drug-likeness (QED) is 0.923. The van der Waals surface area contributed by atoms with E-state index in [1.54, 1.807) is 5.38 Å². The number of alkyl halides is 2. The van der Waals surface area contributed by atoms with Gasteiger partial charge in [-0.2, -0.15) is 13.8 Å². The molecule has 1 aliphatic carbocycles. The lowest BCUT2D eigenvalue weighted by Gasteiger charge is -2.17. The predicted molar refractivity (Wildman–Crippen MR) is 75.8 cm³/mol. The molecule has 21 heavy (non-hydrogen) atoms. The number of nitrogens with zero attached hydrogens (tertiary/aromatic N) is 2. The lowest BCUT2D eigenvalue weighted by atomic mass is 9.99. The van der Waals surface area contributed by atoms with Crippen molar-refractivity contribution in [1.82, 2.24) is 10.1 Å². The van der Waals surface area contributed by atoms with E-state index in [9.17, 15) is 8.78 Å². The number of nitrogens with two attached hydrogens (primary N) is 1. The van der Waals surface area contributed by atoms with E-state index in [2.05, 4.69) is 14.9 Å². The Morgan fingerprint density at radius 2 is 2.10 bits per heavy atom. The SMILES string of the molecule is Cl.NC1(c2noc(-c3sccc3OC(F)F)n2)CCCC1. The van der Waals surface area contributed by atoms with Crippen molar-refractivity contribution in [2.75, 3.05) is 0 Å². The highest BCUT2D eigenvalue weighted by molar-refractivity contribution is 7.13. The Morgan fingerprint density at radius 3 is 2.76 bits per heavy atom. The van der Waals surface area contributed by atoms with Crippen LogP contribution in [0.2, 0.25) is 0 Å². The molecule has 2 aromatic heterocycles. The molecule has 0 bridgehead atoms. The van der Waals surface area contributed by atoms with E-state index < -0.39 is 12.2 Å². The zero-order chi connectivity index (χ0) is 14.2. The molecule has 2 aromatic rings. The van der Waals surface area contributed by atoms with Crippen LogP contribution in [0.15, 0.2) is 16.0 Å². The van der Waals surface area contributed by atoms with E-state index >= 15 is 0 Å². The minimum absolute atomic E-state index is 0. The summed E-state index contributed by atoms with van der Waals surface area (Å²) in [5.74, 6) is 0.640. The normalized spacial score (nSPS) is 17.0. The summed E-state index contributed by atoms with van der Waals surface area (Å²) in [5, 5.41) is 5.53. The average molecular weight is 338 g/mol.